The first-order valence-corrected chi connectivity index (χ1v) is 10.6. The molecule has 1 N–H and O–H groups in total. The normalized spacial score (nSPS) is 31.9. The molecule has 2 saturated heterocycles. The van der Waals surface area contributed by atoms with Crippen LogP contribution in [0.5, 0.6) is 0 Å². The lowest BCUT2D eigenvalue weighted by molar-refractivity contribution is -0.128. The van der Waals surface area contributed by atoms with Crippen LogP contribution in [0.3, 0.4) is 0 Å². The minimum atomic E-state index is -0.844. The van der Waals surface area contributed by atoms with Crippen molar-refractivity contribution in [3.8, 4) is 0 Å². The number of benzene rings is 1. The summed E-state index contributed by atoms with van der Waals surface area (Å²) < 4.78 is 26.1. The predicted octanol–water partition coefficient (Wildman–Crippen LogP) is 2.87. The Morgan fingerprint density at radius 1 is 1.28 bits per heavy atom. The maximum atomic E-state index is 14.4. The van der Waals surface area contributed by atoms with Crippen molar-refractivity contribution in [2.24, 2.45) is 5.92 Å². The summed E-state index contributed by atoms with van der Waals surface area (Å²) in [5.74, 6) is -0.956. The summed E-state index contributed by atoms with van der Waals surface area (Å²) in [7, 11) is 0. The zero-order valence-corrected chi connectivity index (χ0v) is 16.9. The number of amides is 2. The van der Waals surface area contributed by atoms with E-state index in [1.165, 1.54) is 17.0 Å². The molecule has 1 aliphatic carbocycles. The lowest BCUT2D eigenvalue weighted by Crippen LogP contribution is -2.57. The van der Waals surface area contributed by atoms with Crippen molar-refractivity contribution < 1.29 is 23.5 Å². The van der Waals surface area contributed by atoms with Gasteiger partial charge in [0.1, 0.15) is 17.6 Å². The molecule has 1 aromatic rings. The first kappa shape index (κ1) is 20.3. The second-order valence-corrected chi connectivity index (χ2v) is 8.51. The lowest BCUT2D eigenvalue weighted by Gasteiger charge is -2.43. The third kappa shape index (κ3) is 4.03. The summed E-state index contributed by atoms with van der Waals surface area (Å²) in [6.07, 6.45) is 5.21. The van der Waals surface area contributed by atoms with Gasteiger partial charge < -0.3 is 14.8 Å². The van der Waals surface area contributed by atoms with Crippen LogP contribution in [-0.2, 0) is 14.3 Å². The number of hydrogen-bond donors (Lipinski definition) is 1. The van der Waals surface area contributed by atoms with E-state index in [0.29, 0.717) is 31.9 Å². The first-order chi connectivity index (χ1) is 14.0. The zero-order chi connectivity index (χ0) is 20.4. The van der Waals surface area contributed by atoms with Crippen LogP contribution in [0.15, 0.2) is 24.3 Å². The van der Waals surface area contributed by atoms with Crippen molar-refractivity contribution in [2.75, 3.05) is 19.8 Å². The highest BCUT2D eigenvalue weighted by molar-refractivity contribution is 5.98. The van der Waals surface area contributed by atoms with Crippen LogP contribution < -0.4 is 5.32 Å². The van der Waals surface area contributed by atoms with Gasteiger partial charge in [-0.05, 0) is 50.2 Å². The number of rotatable bonds is 4. The molecule has 4 atom stereocenters. The summed E-state index contributed by atoms with van der Waals surface area (Å²) in [6, 6.07) is 5.16. The number of ether oxygens (including phenoxy) is 2. The van der Waals surface area contributed by atoms with Crippen LogP contribution in [0.2, 0.25) is 0 Å². The average Bonchev–Trinajstić information content (AvgIpc) is 3.34. The SMILES string of the molecule is C[C@H]1CCC[C@]2(C1)OC[C@@H](C(=O)NC[C@@H]1CCCO1)N2C(=O)c1ccccc1F. The van der Waals surface area contributed by atoms with E-state index in [1.807, 2.05) is 0 Å². The molecule has 2 amide bonds. The summed E-state index contributed by atoms with van der Waals surface area (Å²) in [6.45, 7) is 3.39. The monoisotopic (exact) mass is 404 g/mol. The molecule has 2 aliphatic heterocycles. The van der Waals surface area contributed by atoms with Gasteiger partial charge in [0, 0.05) is 13.2 Å². The van der Waals surface area contributed by atoms with Gasteiger partial charge in [-0.3, -0.25) is 14.5 Å². The smallest absolute Gasteiger partial charge is 0.259 e. The third-order valence-corrected chi connectivity index (χ3v) is 6.35. The van der Waals surface area contributed by atoms with Crippen LogP contribution in [0.4, 0.5) is 4.39 Å². The van der Waals surface area contributed by atoms with Crippen molar-refractivity contribution >= 4 is 11.8 Å². The van der Waals surface area contributed by atoms with E-state index < -0.39 is 23.5 Å². The molecule has 4 rings (SSSR count). The van der Waals surface area contributed by atoms with Gasteiger partial charge in [0.05, 0.1) is 18.3 Å². The van der Waals surface area contributed by atoms with Crippen LogP contribution in [0.1, 0.15) is 55.8 Å². The fraction of sp³-hybridized carbons (Fsp3) is 0.636. The zero-order valence-electron chi connectivity index (χ0n) is 16.9. The second kappa shape index (κ2) is 8.40. The Hall–Kier alpha value is -1.99. The minimum Gasteiger partial charge on any atom is -0.376 e. The molecule has 1 saturated carbocycles. The first-order valence-electron chi connectivity index (χ1n) is 10.6. The minimum absolute atomic E-state index is 0.0145. The summed E-state index contributed by atoms with van der Waals surface area (Å²) in [5.41, 5.74) is -0.865. The Morgan fingerprint density at radius 2 is 2.10 bits per heavy atom. The van der Waals surface area contributed by atoms with E-state index in [1.54, 1.807) is 12.1 Å². The van der Waals surface area contributed by atoms with Crippen molar-refractivity contribution in [1.82, 2.24) is 10.2 Å². The van der Waals surface area contributed by atoms with E-state index in [4.69, 9.17) is 9.47 Å². The van der Waals surface area contributed by atoms with E-state index >= 15 is 0 Å². The number of carbonyl (C=O) groups excluding carboxylic acids is 2. The van der Waals surface area contributed by atoms with Gasteiger partial charge in [0.15, 0.2) is 0 Å². The van der Waals surface area contributed by atoms with E-state index in [2.05, 4.69) is 12.2 Å². The second-order valence-electron chi connectivity index (χ2n) is 8.51. The highest BCUT2D eigenvalue weighted by atomic mass is 19.1. The number of halogens is 1. The Bertz CT molecular complexity index is 767. The van der Waals surface area contributed by atoms with E-state index in [9.17, 15) is 14.0 Å². The van der Waals surface area contributed by atoms with Crippen molar-refractivity contribution in [1.29, 1.82) is 0 Å². The summed E-state index contributed by atoms with van der Waals surface area (Å²) in [4.78, 5) is 28.0. The Labute approximate surface area is 170 Å². The molecule has 0 bridgehead atoms. The highest BCUT2D eigenvalue weighted by Gasteiger charge is 2.54. The maximum Gasteiger partial charge on any atom is 0.259 e. The molecule has 6 nitrogen and oxygen atoms in total. The van der Waals surface area contributed by atoms with Gasteiger partial charge in [-0.2, -0.15) is 0 Å². The van der Waals surface area contributed by atoms with Crippen LogP contribution in [0, 0.1) is 11.7 Å². The topological polar surface area (TPSA) is 67.9 Å². The Morgan fingerprint density at radius 3 is 2.83 bits per heavy atom. The van der Waals surface area contributed by atoms with Crippen molar-refractivity contribution in [2.45, 2.75) is 63.3 Å². The van der Waals surface area contributed by atoms with E-state index in [0.717, 1.165) is 25.7 Å². The highest BCUT2D eigenvalue weighted by Crippen LogP contribution is 2.43. The van der Waals surface area contributed by atoms with Crippen molar-refractivity contribution in [3.63, 3.8) is 0 Å². The molecule has 0 radical (unpaired) electrons. The van der Waals surface area contributed by atoms with Gasteiger partial charge in [-0.1, -0.05) is 25.5 Å². The van der Waals surface area contributed by atoms with Gasteiger partial charge in [0.2, 0.25) is 5.91 Å². The molecule has 0 aromatic heterocycles. The molecular weight excluding hydrogens is 375 g/mol. The Kier molecular flexibility index (Phi) is 5.88. The largest absolute Gasteiger partial charge is 0.376 e. The van der Waals surface area contributed by atoms with Crippen LogP contribution in [0.25, 0.3) is 0 Å². The third-order valence-electron chi connectivity index (χ3n) is 6.35. The lowest BCUT2D eigenvalue weighted by atomic mass is 9.83. The molecule has 29 heavy (non-hydrogen) atoms. The average molecular weight is 404 g/mol. The standard InChI is InChI=1S/C22H29FN2O4/c1-15-6-4-10-22(12-15)25(21(27)17-8-2-3-9-18(17)23)19(14-29-22)20(26)24-13-16-7-5-11-28-16/h2-3,8-9,15-16,19H,4-7,10-14H2,1H3,(H,24,26)/t15-,16-,19-,22+/m0/s1. The summed E-state index contributed by atoms with van der Waals surface area (Å²) >= 11 is 0. The van der Waals surface area contributed by atoms with E-state index in [-0.39, 0.29) is 24.2 Å². The van der Waals surface area contributed by atoms with Crippen LogP contribution >= 0.6 is 0 Å². The summed E-state index contributed by atoms with van der Waals surface area (Å²) in [5, 5.41) is 2.92. The van der Waals surface area contributed by atoms with Gasteiger partial charge >= 0.3 is 0 Å². The molecule has 2 heterocycles. The number of nitrogens with one attached hydrogen (secondary N) is 1. The van der Waals surface area contributed by atoms with Gasteiger partial charge in [-0.25, -0.2) is 4.39 Å². The maximum absolute atomic E-state index is 14.4. The number of hydrogen-bond acceptors (Lipinski definition) is 4. The quantitative estimate of drug-likeness (QED) is 0.838. The predicted molar refractivity (Wildman–Crippen MR) is 105 cm³/mol. The molecule has 1 aromatic carbocycles. The molecule has 158 valence electrons. The van der Waals surface area contributed by atoms with Gasteiger partial charge in [-0.15, -0.1) is 0 Å². The Balaban J connectivity index is 1.59. The van der Waals surface area contributed by atoms with Crippen LogP contribution in [-0.4, -0.2) is 54.3 Å². The fourth-order valence-electron chi connectivity index (χ4n) is 4.91. The number of nitrogens with zero attached hydrogens (tertiary/aromatic N) is 1. The molecule has 3 aliphatic rings. The molecular formula is C22H29FN2O4. The van der Waals surface area contributed by atoms with Gasteiger partial charge in [0.25, 0.3) is 5.91 Å². The molecule has 3 fully saturated rings. The molecule has 1 spiro atoms. The number of carbonyl (C=O) groups is 2. The molecule has 7 heteroatoms. The fourth-order valence-corrected chi connectivity index (χ4v) is 4.91. The molecule has 0 unspecified atom stereocenters. The van der Waals surface area contributed by atoms with Crippen molar-refractivity contribution in [3.05, 3.63) is 35.6 Å².